The summed E-state index contributed by atoms with van der Waals surface area (Å²) in [6.07, 6.45) is -0.809. The number of tetrazole rings is 1. The maximum Gasteiger partial charge on any atom is 0.368 e. The zero-order chi connectivity index (χ0) is 21.2. The number of hydrogen-bond donors (Lipinski definition) is 1. The molecule has 1 heterocycles. The second kappa shape index (κ2) is 8.05. The van der Waals surface area contributed by atoms with Gasteiger partial charge in [-0.2, -0.15) is 18.1 Å². The van der Waals surface area contributed by atoms with E-state index in [0.717, 1.165) is 26.7 Å². The Morgan fingerprint density at radius 1 is 1.00 bits per heavy atom. The minimum atomic E-state index is -3.28. The maximum absolute atomic E-state index is 12.7. The van der Waals surface area contributed by atoms with E-state index in [4.69, 9.17) is 5.73 Å². The highest BCUT2D eigenvalue weighted by atomic mass is 32.2. The fourth-order valence-corrected chi connectivity index (χ4v) is 3.24. The molecule has 2 N–H and O–H groups in total. The summed E-state index contributed by atoms with van der Waals surface area (Å²) < 4.78 is 50.4. The van der Waals surface area contributed by atoms with Gasteiger partial charge in [-0.3, -0.25) is 0 Å². The van der Waals surface area contributed by atoms with Gasteiger partial charge in [-0.15, -0.1) is 0 Å². The topological polar surface area (TPSA) is 113 Å². The van der Waals surface area contributed by atoms with Crippen molar-refractivity contribution in [2.45, 2.75) is 11.4 Å². The van der Waals surface area contributed by atoms with E-state index in [1.807, 2.05) is 0 Å². The van der Waals surface area contributed by atoms with Gasteiger partial charge in [0, 0.05) is 18.4 Å². The number of halogens is 2. The van der Waals surface area contributed by atoms with E-state index >= 15 is 0 Å². The molecule has 0 saturated heterocycles. The largest absolute Gasteiger partial charge is 0.368 e. The molecular formula is C18H17F2N5O3S. The molecule has 3 rings (SSSR count). The molecule has 3 aromatic rings. The van der Waals surface area contributed by atoms with Crippen LogP contribution in [0.25, 0.3) is 16.8 Å². The quantitative estimate of drug-likeness (QED) is 0.647. The van der Waals surface area contributed by atoms with E-state index in [1.54, 1.807) is 36.4 Å². The van der Waals surface area contributed by atoms with Gasteiger partial charge in [-0.1, -0.05) is 24.3 Å². The van der Waals surface area contributed by atoms with E-state index in [9.17, 15) is 22.0 Å². The molecule has 0 fully saturated rings. The third-order valence-electron chi connectivity index (χ3n) is 4.22. The minimum Gasteiger partial charge on any atom is -0.327 e. The van der Waals surface area contributed by atoms with Crippen LogP contribution in [-0.4, -0.2) is 41.0 Å². The zero-order valence-electron chi connectivity index (χ0n) is 15.3. The molecule has 1 aromatic heterocycles. The van der Waals surface area contributed by atoms with E-state index in [1.165, 1.54) is 12.1 Å². The van der Waals surface area contributed by atoms with E-state index in [2.05, 4.69) is 10.4 Å². The molecule has 8 nitrogen and oxygen atoms in total. The van der Waals surface area contributed by atoms with Crippen LogP contribution >= 0.6 is 0 Å². The van der Waals surface area contributed by atoms with Crippen molar-refractivity contribution >= 4 is 9.84 Å². The van der Waals surface area contributed by atoms with Gasteiger partial charge in [0.2, 0.25) is 0 Å². The summed E-state index contributed by atoms with van der Waals surface area (Å²) in [5.74, 6) is 0. The molecule has 0 bridgehead atoms. The molecule has 0 atom stereocenters. The van der Waals surface area contributed by atoms with E-state index < -0.39 is 40.3 Å². The standard InChI is InChI=1S/C18H17F2N5O3S/c1-29(27,28)16-8-4-13(5-9-16)12-2-6-15(7-3-12)25-18(26)24(22-23-25)11-14(10-21)17(19)20/h2-9H,10-11,21H2,1H3. The first-order chi connectivity index (χ1) is 13.7. The number of benzene rings is 2. The number of sulfone groups is 1. The smallest absolute Gasteiger partial charge is 0.327 e. The summed E-state index contributed by atoms with van der Waals surface area (Å²) in [6, 6.07) is 13.1. The zero-order valence-corrected chi connectivity index (χ0v) is 16.1. The Kier molecular flexibility index (Phi) is 5.71. The lowest BCUT2D eigenvalue weighted by atomic mass is 10.1. The van der Waals surface area contributed by atoms with Gasteiger partial charge >= 0.3 is 5.69 Å². The van der Waals surface area contributed by atoms with Gasteiger partial charge < -0.3 is 5.73 Å². The van der Waals surface area contributed by atoms with Crippen LogP contribution in [0.4, 0.5) is 8.78 Å². The van der Waals surface area contributed by atoms with Crippen LogP contribution in [0, 0.1) is 0 Å². The van der Waals surface area contributed by atoms with Crippen LogP contribution in [0.2, 0.25) is 0 Å². The van der Waals surface area contributed by atoms with Gasteiger partial charge in [0.1, 0.15) is 0 Å². The first-order valence-electron chi connectivity index (χ1n) is 8.37. The van der Waals surface area contributed by atoms with Gasteiger partial charge in [-0.05, 0) is 45.8 Å². The normalized spacial score (nSPS) is 11.4. The number of aromatic nitrogens is 4. The SMILES string of the molecule is CS(=O)(=O)c1ccc(-c2ccc(-n3nnn(CC(CN)=C(F)F)c3=O)cc2)cc1. The summed E-state index contributed by atoms with van der Waals surface area (Å²) in [6.45, 7) is -0.836. The van der Waals surface area contributed by atoms with Gasteiger partial charge in [0.25, 0.3) is 6.08 Å². The van der Waals surface area contributed by atoms with Crippen LogP contribution in [0.5, 0.6) is 0 Å². The number of rotatable bonds is 6. The molecule has 152 valence electrons. The van der Waals surface area contributed by atoms with Crippen molar-refractivity contribution in [3.63, 3.8) is 0 Å². The number of nitrogens with zero attached hydrogens (tertiary/aromatic N) is 4. The van der Waals surface area contributed by atoms with Crippen LogP contribution in [-0.2, 0) is 16.4 Å². The second-order valence-electron chi connectivity index (χ2n) is 6.24. The molecule has 0 saturated carbocycles. The Morgan fingerprint density at radius 3 is 2.03 bits per heavy atom. The van der Waals surface area contributed by atoms with Crippen molar-refractivity contribution < 1.29 is 17.2 Å². The van der Waals surface area contributed by atoms with Crippen LogP contribution in [0.15, 0.2) is 69.9 Å². The number of nitrogens with two attached hydrogens (primary N) is 1. The van der Waals surface area contributed by atoms with Crippen molar-refractivity contribution in [2.24, 2.45) is 5.73 Å². The molecule has 11 heteroatoms. The summed E-state index contributed by atoms with van der Waals surface area (Å²) >= 11 is 0. The van der Waals surface area contributed by atoms with Gasteiger partial charge in [-0.25, -0.2) is 13.2 Å². The average molecular weight is 421 g/mol. The van der Waals surface area contributed by atoms with Crippen LogP contribution in [0.1, 0.15) is 0 Å². The summed E-state index contributed by atoms with van der Waals surface area (Å²) in [5.41, 5.74) is 6.16. The summed E-state index contributed by atoms with van der Waals surface area (Å²) in [4.78, 5) is 12.6. The molecule has 0 aliphatic carbocycles. The fourth-order valence-electron chi connectivity index (χ4n) is 2.61. The summed E-state index contributed by atoms with van der Waals surface area (Å²) in [5, 5.41) is 7.33. The van der Waals surface area contributed by atoms with E-state index in [-0.39, 0.29) is 4.90 Å². The predicted molar refractivity (Wildman–Crippen MR) is 102 cm³/mol. The Balaban J connectivity index is 1.86. The van der Waals surface area contributed by atoms with Crippen molar-refractivity contribution in [2.75, 3.05) is 12.8 Å². The number of hydrogen-bond acceptors (Lipinski definition) is 6. The lowest BCUT2D eigenvalue weighted by Gasteiger charge is -2.05. The maximum atomic E-state index is 12.7. The Bertz CT molecular complexity index is 1210. The molecule has 0 amide bonds. The highest BCUT2D eigenvalue weighted by Gasteiger charge is 2.13. The van der Waals surface area contributed by atoms with E-state index in [0.29, 0.717) is 5.69 Å². The molecule has 0 aliphatic heterocycles. The molecule has 0 unspecified atom stereocenters. The molecule has 29 heavy (non-hydrogen) atoms. The van der Waals surface area contributed by atoms with Crippen molar-refractivity contribution in [1.29, 1.82) is 0 Å². The lowest BCUT2D eigenvalue weighted by molar-refractivity contribution is 0.400. The highest BCUT2D eigenvalue weighted by Crippen LogP contribution is 2.22. The van der Waals surface area contributed by atoms with Gasteiger partial charge in [0.05, 0.1) is 17.1 Å². The third kappa shape index (κ3) is 4.46. The second-order valence-corrected chi connectivity index (χ2v) is 8.26. The first kappa shape index (κ1) is 20.6. The monoisotopic (exact) mass is 421 g/mol. The van der Waals surface area contributed by atoms with Crippen molar-refractivity contribution in [1.82, 2.24) is 19.8 Å². The first-order valence-corrected chi connectivity index (χ1v) is 10.3. The summed E-state index contributed by atoms with van der Waals surface area (Å²) in [7, 11) is -3.28. The van der Waals surface area contributed by atoms with Crippen molar-refractivity contribution in [3.05, 3.63) is 70.7 Å². The molecule has 0 radical (unpaired) electrons. The van der Waals surface area contributed by atoms with Crippen LogP contribution in [0.3, 0.4) is 0 Å². The minimum absolute atomic E-state index is 0.219. The molecule has 2 aromatic carbocycles. The molecule has 0 spiro atoms. The third-order valence-corrected chi connectivity index (χ3v) is 5.35. The Morgan fingerprint density at radius 2 is 1.55 bits per heavy atom. The Labute approximate surface area is 164 Å². The Hall–Kier alpha value is -3.18. The van der Waals surface area contributed by atoms with Crippen LogP contribution < -0.4 is 11.4 Å². The van der Waals surface area contributed by atoms with Crippen molar-refractivity contribution in [3.8, 4) is 16.8 Å². The fraction of sp³-hybridized carbons (Fsp3) is 0.167. The molecule has 0 aliphatic rings. The molecular weight excluding hydrogens is 404 g/mol. The lowest BCUT2D eigenvalue weighted by Crippen LogP contribution is -2.26. The average Bonchev–Trinajstić information content (AvgIpc) is 3.05. The van der Waals surface area contributed by atoms with Gasteiger partial charge in [0.15, 0.2) is 9.84 Å². The highest BCUT2D eigenvalue weighted by molar-refractivity contribution is 7.90. The predicted octanol–water partition coefficient (Wildman–Crippen LogP) is 1.61.